The van der Waals surface area contributed by atoms with Gasteiger partial charge in [0.2, 0.25) is 5.91 Å². The number of hydrogen-bond donors (Lipinski definition) is 2. The second kappa shape index (κ2) is 11.5. The zero-order valence-electron chi connectivity index (χ0n) is 18.5. The summed E-state index contributed by atoms with van der Waals surface area (Å²) >= 11 is 6.19. The maximum absolute atomic E-state index is 13.2. The number of anilines is 2. The van der Waals surface area contributed by atoms with Crippen molar-refractivity contribution in [3.8, 4) is 0 Å². The molecular formula is C24H20ClF3N4O4. The Morgan fingerprint density at radius 3 is 2.28 bits per heavy atom. The van der Waals surface area contributed by atoms with Crippen molar-refractivity contribution in [2.75, 3.05) is 23.3 Å². The number of benzene rings is 3. The second-order valence-electron chi connectivity index (χ2n) is 7.50. The van der Waals surface area contributed by atoms with E-state index < -0.39 is 34.0 Å². The van der Waals surface area contributed by atoms with Gasteiger partial charge >= 0.3 is 12.2 Å². The highest BCUT2D eigenvalue weighted by atomic mass is 35.5. The van der Waals surface area contributed by atoms with E-state index in [1.165, 1.54) is 30.3 Å². The lowest BCUT2D eigenvalue weighted by atomic mass is 10.1. The van der Waals surface area contributed by atoms with Crippen LogP contribution in [0.2, 0.25) is 0 Å². The number of nitrogens with zero attached hydrogens (tertiary/aromatic N) is 2. The summed E-state index contributed by atoms with van der Waals surface area (Å²) in [4.78, 5) is 36.6. The van der Waals surface area contributed by atoms with Crippen LogP contribution in [-0.2, 0) is 11.0 Å². The Kier molecular flexibility index (Phi) is 8.49. The average molecular weight is 521 g/mol. The van der Waals surface area contributed by atoms with E-state index >= 15 is 0 Å². The molecule has 0 radical (unpaired) electrons. The normalized spacial score (nSPS) is 11.9. The molecule has 0 aliphatic heterocycles. The monoisotopic (exact) mass is 520 g/mol. The number of non-ortho nitro benzene ring substituents is 1. The number of amides is 3. The van der Waals surface area contributed by atoms with Crippen molar-refractivity contribution in [3.05, 3.63) is 100 Å². The minimum Gasteiger partial charge on any atom is -0.353 e. The zero-order valence-corrected chi connectivity index (χ0v) is 19.3. The Bertz CT molecular complexity index is 1220. The first kappa shape index (κ1) is 26.5. The molecule has 36 heavy (non-hydrogen) atoms. The van der Waals surface area contributed by atoms with Gasteiger partial charge in [-0.3, -0.25) is 19.8 Å². The largest absolute Gasteiger partial charge is 0.416 e. The van der Waals surface area contributed by atoms with Crippen molar-refractivity contribution in [2.45, 2.75) is 11.6 Å². The number of nitro benzene ring substituents is 1. The zero-order chi connectivity index (χ0) is 26.3. The number of nitro groups is 1. The van der Waals surface area contributed by atoms with E-state index in [1.54, 1.807) is 30.3 Å². The highest BCUT2D eigenvalue weighted by Crippen LogP contribution is 2.32. The van der Waals surface area contributed by atoms with E-state index in [1.807, 2.05) is 0 Å². The highest BCUT2D eigenvalue weighted by Gasteiger charge is 2.31. The predicted molar refractivity (Wildman–Crippen MR) is 129 cm³/mol. The number of halogens is 4. The van der Waals surface area contributed by atoms with Crippen LogP contribution < -0.4 is 15.5 Å². The molecule has 0 bridgehead atoms. The Hall–Kier alpha value is -4.12. The molecule has 0 aromatic heterocycles. The summed E-state index contributed by atoms with van der Waals surface area (Å²) in [6, 6.07) is 16.8. The van der Waals surface area contributed by atoms with Crippen molar-refractivity contribution in [2.24, 2.45) is 0 Å². The summed E-state index contributed by atoms with van der Waals surface area (Å²) in [5.41, 5.74) is -0.468. The van der Waals surface area contributed by atoms with Gasteiger partial charge in [-0.1, -0.05) is 36.4 Å². The van der Waals surface area contributed by atoms with Crippen molar-refractivity contribution >= 4 is 40.6 Å². The number of urea groups is 1. The van der Waals surface area contributed by atoms with Crippen molar-refractivity contribution in [3.63, 3.8) is 0 Å². The molecular weight excluding hydrogens is 501 g/mol. The molecule has 3 amide bonds. The molecule has 0 saturated heterocycles. The van der Waals surface area contributed by atoms with Crippen LogP contribution in [0.3, 0.4) is 0 Å². The molecule has 0 spiro atoms. The third-order valence-corrected chi connectivity index (χ3v) is 5.47. The molecule has 0 heterocycles. The number of rotatable bonds is 8. The molecule has 2 N–H and O–H groups in total. The third kappa shape index (κ3) is 6.95. The van der Waals surface area contributed by atoms with Gasteiger partial charge in [-0.15, -0.1) is 11.6 Å². The summed E-state index contributed by atoms with van der Waals surface area (Å²) in [7, 11) is 0. The van der Waals surface area contributed by atoms with Crippen LogP contribution in [-0.4, -0.2) is 30.0 Å². The molecule has 3 aromatic rings. The number of hydrogen-bond acceptors (Lipinski definition) is 4. The van der Waals surface area contributed by atoms with Crippen molar-refractivity contribution in [1.29, 1.82) is 0 Å². The molecule has 8 nitrogen and oxygen atoms in total. The van der Waals surface area contributed by atoms with Gasteiger partial charge in [-0.05, 0) is 35.9 Å². The standard InChI is InChI=1S/C24H20ClF3N4O4/c25-21(16-5-2-1-3-6-16)22(33)29-13-14-31(20-8-4-7-17(15-20)24(26,27)28)23(34)30-18-9-11-19(12-10-18)32(35)36/h1-12,15,21H,13-14H2,(H,29,33)(H,30,34). The van der Waals surface area contributed by atoms with Gasteiger partial charge < -0.3 is 10.6 Å². The summed E-state index contributed by atoms with van der Waals surface area (Å²) < 4.78 is 39.7. The first-order chi connectivity index (χ1) is 17.1. The lowest BCUT2D eigenvalue weighted by Gasteiger charge is -2.24. The summed E-state index contributed by atoms with van der Waals surface area (Å²) in [6.45, 7) is -0.303. The van der Waals surface area contributed by atoms with Gasteiger partial charge in [0.25, 0.3) is 5.69 Å². The van der Waals surface area contributed by atoms with E-state index in [0.717, 1.165) is 23.1 Å². The molecule has 188 valence electrons. The fourth-order valence-corrected chi connectivity index (χ4v) is 3.43. The fraction of sp³-hybridized carbons (Fsp3) is 0.167. The molecule has 0 saturated carbocycles. The molecule has 0 fully saturated rings. The number of carbonyl (C=O) groups is 2. The van der Waals surface area contributed by atoms with Gasteiger partial charge in [0, 0.05) is 36.6 Å². The maximum Gasteiger partial charge on any atom is 0.416 e. The fourth-order valence-electron chi connectivity index (χ4n) is 3.21. The number of nitrogens with one attached hydrogen (secondary N) is 2. The van der Waals surface area contributed by atoms with Crippen LogP contribution >= 0.6 is 11.6 Å². The Morgan fingerprint density at radius 2 is 1.67 bits per heavy atom. The van der Waals surface area contributed by atoms with Crippen LogP contribution in [0.4, 0.5) is 35.0 Å². The Labute approximate surface area is 208 Å². The Morgan fingerprint density at radius 1 is 1.00 bits per heavy atom. The molecule has 3 rings (SSSR count). The van der Waals surface area contributed by atoms with Gasteiger partial charge in [0.05, 0.1) is 10.5 Å². The number of alkyl halides is 4. The quantitative estimate of drug-likeness (QED) is 0.224. The summed E-state index contributed by atoms with van der Waals surface area (Å²) in [5, 5.41) is 14.9. The van der Waals surface area contributed by atoms with E-state index in [4.69, 9.17) is 11.6 Å². The lowest BCUT2D eigenvalue weighted by molar-refractivity contribution is -0.384. The Balaban J connectivity index is 1.76. The summed E-state index contributed by atoms with van der Waals surface area (Å²) in [6.07, 6.45) is -4.63. The minimum absolute atomic E-state index is 0.0658. The molecule has 1 atom stereocenters. The number of carbonyl (C=O) groups excluding carboxylic acids is 2. The van der Waals surface area contributed by atoms with Gasteiger partial charge in [-0.2, -0.15) is 13.2 Å². The minimum atomic E-state index is -4.63. The van der Waals surface area contributed by atoms with Crippen LogP contribution in [0.25, 0.3) is 0 Å². The SMILES string of the molecule is O=C(NCCN(C(=O)Nc1ccc([N+](=O)[O-])cc1)c1cccc(C(F)(F)F)c1)C(Cl)c1ccccc1. The molecule has 0 aliphatic carbocycles. The van der Waals surface area contributed by atoms with Gasteiger partial charge in [0.1, 0.15) is 5.38 Å². The van der Waals surface area contributed by atoms with Crippen molar-refractivity contribution in [1.82, 2.24) is 5.32 Å². The van der Waals surface area contributed by atoms with E-state index in [0.29, 0.717) is 5.56 Å². The van der Waals surface area contributed by atoms with Gasteiger partial charge in [0.15, 0.2) is 0 Å². The maximum atomic E-state index is 13.2. The van der Waals surface area contributed by atoms with Crippen LogP contribution in [0, 0.1) is 10.1 Å². The summed E-state index contributed by atoms with van der Waals surface area (Å²) in [5.74, 6) is -0.539. The average Bonchev–Trinajstić information content (AvgIpc) is 2.86. The highest BCUT2D eigenvalue weighted by molar-refractivity contribution is 6.30. The van der Waals surface area contributed by atoms with Crippen LogP contribution in [0.5, 0.6) is 0 Å². The molecule has 0 aliphatic rings. The first-order valence-corrected chi connectivity index (χ1v) is 11.0. The van der Waals surface area contributed by atoms with Crippen LogP contribution in [0.1, 0.15) is 16.5 Å². The van der Waals surface area contributed by atoms with Crippen LogP contribution in [0.15, 0.2) is 78.9 Å². The molecule has 1 unspecified atom stereocenters. The third-order valence-electron chi connectivity index (χ3n) is 5.02. The van der Waals surface area contributed by atoms with Gasteiger partial charge in [-0.25, -0.2) is 4.79 Å². The predicted octanol–water partition coefficient (Wildman–Crippen LogP) is 5.75. The van der Waals surface area contributed by atoms with E-state index in [-0.39, 0.29) is 30.2 Å². The van der Waals surface area contributed by atoms with E-state index in [9.17, 15) is 32.9 Å². The molecule has 3 aromatic carbocycles. The first-order valence-electron chi connectivity index (χ1n) is 10.5. The topological polar surface area (TPSA) is 105 Å². The van der Waals surface area contributed by atoms with E-state index in [2.05, 4.69) is 10.6 Å². The smallest absolute Gasteiger partial charge is 0.353 e. The lowest BCUT2D eigenvalue weighted by Crippen LogP contribution is -2.41. The molecule has 12 heteroatoms. The van der Waals surface area contributed by atoms with Crippen molar-refractivity contribution < 1.29 is 27.7 Å². The second-order valence-corrected chi connectivity index (χ2v) is 7.93.